The number of fused-ring (bicyclic) bond motifs is 1. The number of rotatable bonds is 1. The van der Waals surface area contributed by atoms with Crippen LogP contribution in [0.2, 0.25) is 0 Å². The predicted molar refractivity (Wildman–Crippen MR) is 48.9 cm³/mol. The number of aromatic nitrogens is 2. The van der Waals surface area contributed by atoms with Gasteiger partial charge in [0.2, 0.25) is 0 Å². The van der Waals surface area contributed by atoms with E-state index in [2.05, 4.69) is 23.5 Å². The smallest absolute Gasteiger partial charge is 0.116 e. The highest BCUT2D eigenvalue weighted by atomic mass is 14.8. The first-order valence-electron chi connectivity index (χ1n) is 4.29. The third kappa shape index (κ3) is 0.951. The second-order valence-corrected chi connectivity index (χ2v) is 3.26. The van der Waals surface area contributed by atoms with Gasteiger partial charge in [-0.1, -0.05) is 13.5 Å². The van der Waals surface area contributed by atoms with Gasteiger partial charge in [0, 0.05) is 11.3 Å². The molecule has 0 aliphatic heterocycles. The van der Waals surface area contributed by atoms with Crippen LogP contribution < -0.4 is 0 Å². The van der Waals surface area contributed by atoms with Crippen molar-refractivity contribution in [2.24, 2.45) is 0 Å². The van der Waals surface area contributed by atoms with Crippen molar-refractivity contribution in [2.75, 3.05) is 0 Å². The van der Waals surface area contributed by atoms with Crippen LogP contribution in [0.3, 0.4) is 0 Å². The Morgan fingerprint density at radius 1 is 1.58 bits per heavy atom. The maximum absolute atomic E-state index is 4.26. The molecule has 1 aromatic rings. The lowest BCUT2D eigenvalue weighted by molar-refractivity contribution is 0.744. The first kappa shape index (κ1) is 7.47. The number of hydrogen-bond donors (Lipinski definition) is 0. The number of hydrogen-bond acceptors (Lipinski definition) is 2. The molecule has 2 nitrogen and oxygen atoms in total. The van der Waals surface area contributed by atoms with Gasteiger partial charge in [-0.15, -0.1) is 0 Å². The normalized spacial score (nSPS) is 20.6. The fourth-order valence-corrected chi connectivity index (χ4v) is 1.84. The lowest BCUT2D eigenvalue weighted by atomic mass is 10.0. The second-order valence-electron chi connectivity index (χ2n) is 3.26. The van der Waals surface area contributed by atoms with Gasteiger partial charge in [0.05, 0.1) is 5.69 Å². The summed E-state index contributed by atoms with van der Waals surface area (Å²) in [7, 11) is 0. The summed E-state index contributed by atoms with van der Waals surface area (Å²) >= 11 is 0. The zero-order chi connectivity index (χ0) is 8.55. The van der Waals surface area contributed by atoms with Crippen LogP contribution in [-0.4, -0.2) is 9.97 Å². The molecule has 0 bridgehead atoms. The molecule has 62 valence electrons. The van der Waals surface area contributed by atoms with Crippen LogP contribution in [-0.2, 0) is 6.42 Å². The number of nitrogens with zero attached hydrogens (tertiary/aromatic N) is 2. The molecule has 0 saturated carbocycles. The van der Waals surface area contributed by atoms with Crippen molar-refractivity contribution in [2.45, 2.75) is 25.7 Å². The molecule has 1 aliphatic carbocycles. The molecule has 0 aromatic carbocycles. The highest BCUT2D eigenvalue weighted by Crippen LogP contribution is 2.32. The SMILES string of the molecule is C=Cc1ncnc2c1[C@H](C)CC2. The Hall–Kier alpha value is -1.18. The van der Waals surface area contributed by atoms with Crippen molar-refractivity contribution in [1.82, 2.24) is 9.97 Å². The zero-order valence-electron chi connectivity index (χ0n) is 7.25. The molecular formula is C10H12N2. The van der Waals surface area contributed by atoms with Crippen LogP contribution >= 0.6 is 0 Å². The molecule has 0 spiro atoms. The summed E-state index contributed by atoms with van der Waals surface area (Å²) in [5, 5.41) is 0. The highest BCUT2D eigenvalue weighted by molar-refractivity contribution is 5.50. The summed E-state index contributed by atoms with van der Waals surface area (Å²) in [5.74, 6) is 0.606. The molecule has 1 atom stereocenters. The van der Waals surface area contributed by atoms with Crippen LogP contribution in [0.4, 0.5) is 0 Å². The second kappa shape index (κ2) is 2.70. The lowest BCUT2D eigenvalue weighted by Gasteiger charge is -2.05. The maximum atomic E-state index is 4.26. The Labute approximate surface area is 72.4 Å². The Balaban J connectivity index is 2.60. The van der Waals surface area contributed by atoms with E-state index in [1.54, 1.807) is 6.33 Å². The molecule has 0 amide bonds. The predicted octanol–water partition coefficient (Wildman–Crippen LogP) is 2.17. The fraction of sp³-hybridized carbons (Fsp3) is 0.400. The van der Waals surface area contributed by atoms with E-state index < -0.39 is 0 Å². The van der Waals surface area contributed by atoms with Gasteiger partial charge in [0.15, 0.2) is 0 Å². The third-order valence-electron chi connectivity index (χ3n) is 2.50. The molecule has 0 radical (unpaired) electrons. The van der Waals surface area contributed by atoms with Gasteiger partial charge >= 0.3 is 0 Å². The van der Waals surface area contributed by atoms with E-state index in [9.17, 15) is 0 Å². The molecule has 0 unspecified atom stereocenters. The molecule has 2 heteroatoms. The fourth-order valence-electron chi connectivity index (χ4n) is 1.84. The summed E-state index contributed by atoms with van der Waals surface area (Å²) in [6.45, 7) is 5.98. The van der Waals surface area contributed by atoms with Gasteiger partial charge in [-0.2, -0.15) is 0 Å². The van der Waals surface area contributed by atoms with Gasteiger partial charge < -0.3 is 0 Å². The quantitative estimate of drug-likeness (QED) is 0.629. The summed E-state index contributed by atoms with van der Waals surface area (Å²) in [4.78, 5) is 8.45. The summed E-state index contributed by atoms with van der Waals surface area (Å²) in [6.07, 6.45) is 5.75. The standard InChI is InChI=1S/C10H12N2/c1-3-8-10-7(2)4-5-9(10)12-6-11-8/h3,6-7H,1,4-5H2,2H3/t7-/m1/s1. The van der Waals surface area contributed by atoms with Crippen molar-refractivity contribution >= 4 is 6.08 Å². The van der Waals surface area contributed by atoms with Crippen LogP contribution in [0.5, 0.6) is 0 Å². The summed E-state index contributed by atoms with van der Waals surface area (Å²) in [5.41, 5.74) is 3.55. The van der Waals surface area contributed by atoms with Gasteiger partial charge in [-0.3, -0.25) is 0 Å². The monoisotopic (exact) mass is 160 g/mol. The van der Waals surface area contributed by atoms with Crippen LogP contribution in [0.25, 0.3) is 6.08 Å². The average molecular weight is 160 g/mol. The largest absolute Gasteiger partial charge is 0.241 e. The van der Waals surface area contributed by atoms with E-state index in [4.69, 9.17) is 0 Å². The molecule has 12 heavy (non-hydrogen) atoms. The Morgan fingerprint density at radius 2 is 2.42 bits per heavy atom. The highest BCUT2D eigenvalue weighted by Gasteiger charge is 2.22. The van der Waals surface area contributed by atoms with Crippen molar-refractivity contribution in [3.8, 4) is 0 Å². The molecule has 1 heterocycles. The molecule has 2 rings (SSSR count). The van der Waals surface area contributed by atoms with E-state index in [0.29, 0.717) is 5.92 Å². The van der Waals surface area contributed by atoms with Crippen molar-refractivity contribution < 1.29 is 0 Å². The first-order valence-corrected chi connectivity index (χ1v) is 4.29. The topological polar surface area (TPSA) is 25.8 Å². The van der Waals surface area contributed by atoms with Crippen LogP contribution in [0, 0.1) is 0 Å². The van der Waals surface area contributed by atoms with Gasteiger partial charge in [-0.25, -0.2) is 9.97 Å². The third-order valence-corrected chi connectivity index (χ3v) is 2.50. The molecule has 0 saturated heterocycles. The molecule has 0 N–H and O–H groups in total. The van der Waals surface area contributed by atoms with Gasteiger partial charge in [0.25, 0.3) is 0 Å². The van der Waals surface area contributed by atoms with E-state index in [-0.39, 0.29) is 0 Å². The summed E-state index contributed by atoms with van der Waals surface area (Å²) in [6, 6.07) is 0. The van der Waals surface area contributed by atoms with Gasteiger partial charge in [0.1, 0.15) is 6.33 Å². The Bertz CT molecular complexity index is 318. The molecule has 1 aliphatic rings. The van der Waals surface area contributed by atoms with Crippen LogP contribution in [0.1, 0.15) is 36.2 Å². The molecular weight excluding hydrogens is 148 g/mol. The lowest BCUT2D eigenvalue weighted by Crippen LogP contribution is -1.96. The van der Waals surface area contributed by atoms with Gasteiger partial charge in [-0.05, 0) is 24.8 Å². The average Bonchev–Trinajstić information content (AvgIpc) is 2.48. The maximum Gasteiger partial charge on any atom is 0.116 e. The van der Waals surface area contributed by atoms with Crippen molar-refractivity contribution in [3.05, 3.63) is 29.9 Å². The minimum Gasteiger partial charge on any atom is -0.241 e. The van der Waals surface area contributed by atoms with Crippen molar-refractivity contribution in [3.63, 3.8) is 0 Å². The zero-order valence-corrected chi connectivity index (χ0v) is 7.25. The van der Waals surface area contributed by atoms with Crippen molar-refractivity contribution in [1.29, 1.82) is 0 Å². The Morgan fingerprint density at radius 3 is 3.17 bits per heavy atom. The van der Waals surface area contributed by atoms with E-state index in [1.165, 1.54) is 17.7 Å². The van der Waals surface area contributed by atoms with E-state index >= 15 is 0 Å². The molecule has 1 aromatic heterocycles. The molecule has 0 fully saturated rings. The minimum atomic E-state index is 0.606. The first-order chi connectivity index (χ1) is 5.83. The van der Waals surface area contributed by atoms with Crippen LogP contribution in [0.15, 0.2) is 12.9 Å². The van der Waals surface area contributed by atoms with E-state index in [0.717, 1.165) is 12.1 Å². The minimum absolute atomic E-state index is 0.606. The Kier molecular flexibility index (Phi) is 1.68. The summed E-state index contributed by atoms with van der Waals surface area (Å²) < 4.78 is 0. The van der Waals surface area contributed by atoms with E-state index in [1.807, 2.05) is 6.08 Å². The number of aryl methyl sites for hydroxylation is 1.